The summed E-state index contributed by atoms with van der Waals surface area (Å²) in [5.74, 6) is -0.814. The van der Waals surface area contributed by atoms with Crippen LogP contribution in [0.5, 0.6) is 0 Å². The summed E-state index contributed by atoms with van der Waals surface area (Å²) < 4.78 is 0. The van der Waals surface area contributed by atoms with Crippen LogP contribution in [-0.4, -0.2) is 21.0 Å². The second kappa shape index (κ2) is 4.57. The van der Waals surface area contributed by atoms with Gasteiger partial charge in [0, 0.05) is 0 Å². The number of aliphatic carboxylic acids is 1. The molecule has 0 unspecified atom stereocenters. The van der Waals surface area contributed by atoms with E-state index in [0.29, 0.717) is 0 Å². The van der Waals surface area contributed by atoms with Crippen molar-refractivity contribution in [2.45, 2.75) is 6.42 Å². The molecule has 0 aliphatic rings. The average Bonchev–Trinajstić information content (AvgIpc) is 2.86. The molecule has 0 amide bonds. The number of hydrogen-bond acceptors (Lipinski definition) is 2. The van der Waals surface area contributed by atoms with Crippen LogP contribution in [-0.2, 0) is 11.2 Å². The van der Waals surface area contributed by atoms with Gasteiger partial charge in [0.1, 0.15) is 0 Å². The standard InChI is InChI=1S/C15H12N2O2/c18-15(19)7-10-1-3-11(4-2-10)12-5-6-13-14(8-12)17-9-16-13/h1-6,8-9H,7H2,(H,16,17)(H,18,19). The quantitative estimate of drug-likeness (QED) is 0.753. The molecule has 0 saturated heterocycles. The Kier molecular flexibility index (Phi) is 2.76. The number of fused-ring (bicyclic) bond motifs is 1. The first-order valence-electron chi connectivity index (χ1n) is 5.96. The first kappa shape index (κ1) is 11.5. The van der Waals surface area contributed by atoms with Crippen LogP contribution >= 0.6 is 0 Å². The third-order valence-corrected chi connectivity index (χ3v) is 3.06. The van der Waals surface area contributed by atoms with Gasteiger partial charge in [0.2, 0.25) is 0 Å². The van der Waals surface area contributed by atoms with E-state index in [9.17, 15) is 4.79 Å². The molecule has 4 heteroatoms. The second-order valence-corrected chi connectivity index (χ2v) is 4.40. The lowest BCUT2D eigenvalue weighted by Gasteiger charge is -2.03. The summed E-state index contributed by atoms with van der Waals surface area (Å²) >= 11 is 0. The van der Waals surface area contributed by atoms with Crippen LogP contribution in [0.25, 0.3) is 22.2 Å². The smallest absolute Gasteiger partial charge is 0.307 e. The number of hydrogen-bond donors (Lipinski definition) is 2. The fourth-order valence-electron chi connectivity index (χ4n) is 2.10. The highest BCUT2D eigenvalue weighted by atomic mass is 16.4. The highest BCUT2D eigenvalue weighted by Crippen LogP contribution is 2.23. The minimum Gasteiger partial charge on any atom is -0.481 e. The van der Waals surface area contributed by atoms with Crippen LogP contribution in [0.15, 0.2) is 48.8 Å². The van der Waals surface area contributed by atoms with Gasteiger partial charge < -0.3 is 10.1 Å². The van der Waals surface area contributed by atoms with Crippen molar-refractivity contribution in [1.29, 1.82) is 0 Å². The molecule has 3 rings (SSSR count). The Bertz CT molecular complexity index is 729. The number of carboxylic acids is 1. The van der Waals surface area contributed by atoms with Crippen molar-refractivity contribution >= 4 is 17.0 Å². The molecule has 3 aromatic rings. The number of nitrogens with one attached hydrogen (secondary N) is 1. The van der Waals surface area contributed by atoms with Crippen LogP contribution in [0, 0.1) is 0 Å². The van der Waals surface area contributed by atoms with E-state index >= 15 is 0 Å². The zero-order chi connectivity index (χ0) is 13.2. The summed E-state index contributed by atoms with van der Waals surface area (Å²) in [6, 6.07) is 13.6. The number of aromatic nitrogens is 2. The van der Waals surface area contributed by atoms with Gasteiger partial charge in [0.15, 0.2) is 0 Å². The third kappa shape index (κ3) is 2.33. The van der Waals surface area contributed by atoms with Gasteiger partial charge >= 0.3 is 5.97 Å². The molecule has 0 radical (unpaired) electrons. The normalized spacial score (nSPS) is 10.7. The summed E-state index contributed by atoms with van der Waals surface area (Å²) in [5, 5.41) is 8.74. The fraction of sp³-hybridized carbons (Fsp3) is 0.0667. The van der Waals surface area contributed by atoms with E-state index in [0.717, 1.165) is 27.7 Å². The van der Waals surface area contributed by atoms with Crippen molar-refractivity contribution in [3.05, 3.63) is 54.4 Å². The summed E-state index contributed by atoms with van der Waals surface area (Å²) in [7, 11) is 0. The van der Waals surface area contributed by atoms with E-state index in [4.69, 9.17) is 5.11 Å². The van der Waals surface area contributed by atoms with Gasteiger partial charge in [-0.2, -0.15) is 0 Å². The highest BCUT2D eigenvalue weighted by Gasteiger charge is 2.03. The molecular formula is C15H12N2O2. The first-order chi connectivity index (χ1) is 9.22. The molecule has 1 heterocycles. The highest BCUT2D eigenvalue weighted by molar-refractivity contribution is 5.81. The Balaban J connectivity index is 1.94. The van der Waals surface area contributed by atoms with Gasteiger partial charge in [-0.1, -0.05) is 30.3 Å². The predicted molar refractivity (Wildman–Crippen MR) is 72.9 cm³/mol. The number of aromatic amines is 1. The molecule has 0 bridgehead atoms. The van der Waals surface area contributed by atoms with E-state index in [1.165, 1.54) is 0 Å². The lowest BCUT2D eigenvalue weighted by atomic mass is 10.0. The lowest BCUT2D eigenvalue weighted by Crippen LogP contribution is -1.99. The van der Waals surface area contributed by atoms with Crippen molar-refractivity contribution in [2.75, 3.05) is 0 Å². The molecule has 1 aromatic heterocycles. The largest absolute Gasteiger partial charge is 0.481 e. The van der Waals surface area contributed by atoms with Crippen LogP contribution < -0.4 is 0 Å². The van der Waals surface area contributed by atoms with Crippen LogP contribution in [0.1, 0.15) is 5.56 Å². The monoisotopic (exact) mass is 252 g/mol. The molecule has 0 fully saturated rings. The molecule has 0 atom stereocenters. The van der Waals surface area contributed by atoms with E-state index < -0.39 is 5.97 Å². The molecule has 94 valence electrons. The van der Waals surface area contributed by atoms with Gasteiger partial charge in [0.05, 0.1) is 23.8 Å². The Hall–Kier alpha value is -2.62. The van der Waals surface area contributed by atoms with E-state index in [2.05, 4.69) is 9.97 Å². The van der Waals surface area contributed by atoms with Gasteiger partial charge in [-0.3, -0.25) is 4.79 Å². The molecule has 2 N–H and O–H groups in total. The van der Waals surface area contributed by atoms with Crippen molar-refractivity contribution in [3.63, 3.8) is 0 Å². The maximum absolute atomic E-state index is 10.6. The van der Waals surface area contributed by atoms with Gasteiger partial charge in [-0.25, -0.2) is 4.98 Å². The Morgan fingerprint density at radius 2 is 1.84 bits per heavy atom. The lowest BCUT2D eigenvalue weighted by molar-refractivity contribution is -0.136. The average molecular weight is 252 g/mol. The molecule has 0 spiro atoms. The van der Waals surface area contributed by atoms with E-state index in [-0.39, 0.29) is 6.42 Å². The Morgan fingerprint density at radius 3 is 2.58 bits per heavy atom. The topological polar surface area (TPSA) is 66.0 Å². The number of nitrogens with zero attached hydrogens (tertiary/aromatic N) is 1. The number of carboxylic acid groups (broad SMARTS) is 1. The first-order valence-corrected chi connectivity index (χ1v) is 5.96. The number of rotatable bonds is 3. The Labute approximate surface area is 109 Å². The Morgan fingerprint density at radius 1 is 1.11 bits per heavy atom. The third-order valence-electron chi connectivity index (χ3n) is 3.06. The predicted octanol–water partition coefficient (Wildman–Crippen LogP) is 2.86. The zero-order valence-corrected chi connectivity index (χ0v) is 10.1. The van der Waals surface area contributed by atoms with Crippen molar-refractivity contribution in [3.8, 4) is 11.1 Å². The molecule has 19 heavy (non-hydrogen) atoms. The van der Waals surface area contributed by atoms with Crippen LogP contribution in [0.4, 0.5) is 0 Å². The van der Waals surface area contributed by atoms with Crippen LogP contribution in [0.3, 0.4) is 0 Å². The summed E-state index contributed by atoms with van der Waals surface area (Å²) in [6.45, 7) is 0. The molecule has 4 nitrogen and oxygen atoms in total. The fourth-order valence-corrected chi connectivity index (χ4v) is 2.10. The maximum Gasteiger partial charge on any atom is 0.307 e. The van der Waals surface area contributed by atoms with E-state index in [1.807, 2.05) is 42.5 Å². The van der Waals surface area contributed by atoms with Crippen LogP contribution in [0.2, 0.25) is 0 Å². The SMILES string of the molecule is O=C(O)Cc1ccc(-c2ccc3[nH]cnc3c2)cc1. The summed E-state index contributed by atoms with van der Waals surface area (Å²) in [5.41, 5.74) is 4.86. The van der Waals surface area contributed by atoms with Crippen molar-refractivity contribution in [1.82, 2.24) is 9.97 Å². The zero-order valence-electron chi connectivity index (χ0n) is 10.1. The van der Waals surface area contributed by atoms with E-state index in [1.54, 1.807) is 6.33 Å². The number of H-pyrrole nitrogens is 1. The van der Waals surface area contributed by atoms with Gasteiger partial charge in [0.25, 0.3) is 0 Å². The minimum atomic E-state index is -0.814. The molecule has 0 saturated carbocycles. The van der Waals surface area contributed by atoms with Gasteiger partial charge in [-0.05, 0) is 28.8 Å². The maximum atomic E-state index is 10.6. The van der Waals surface area contributed by atoms with Gasteiger partial charge in [-0.15, -0.1) is 0 Å². The minimum absolute atomic E-state index is 0.0542. The summed E-state index contributed by atoms with van der Waals surface area (Å²) in [6.07, 6.45) is 1.73. The second-order valence-electron chi connectivity index (χ2n) is 4.40. The number of imidazole rings is 1. The molecule has 0 aliphatic heterocycles. The van der Waals surface area contributed by atoms with Crippen molar-refractivity contribution < 1.29 is 9.90 Å². The number of benzene rings is 2. The molecular weight excluding hydrogens is 240 g/mol. The number of carbonyl (C=O) groups is 1. The molecule has 2 aromatic carbocycles. The molecule has 0 aliphatic carbocycles. The summed E-state index contributed by atoms with van der Waals surface area (Å²) in [4.78, 5) is 17.9. The van der Waals surface area contributed by atoms with Crippen molar-refractivity contribution in [2.24, 2.45) is 0 Å².